The van der Waals surface area contributed by atoms with Crippen LogP contribution in [0.15, 0.2) is 29.6 Å². The standard InChI is InChI=1S/C18H18Cl2N2OS/c19-11-1-4-13(15(20)9-11)18-14-6-8-24-16(14)5-7-22(18)17(23)10-21-12-2-3-12/h1,4,6,8-9,12,18,21H,2-3,5,7,10H2/t18-/m0/s1. The highest BCUT2D eigenvalue weighted by molar-refractivity contribution is 7.10. The average molecular weight is 381 g/mol. The van der Waals surface area contributed by atoms with Gasteiger partial charge in [-0.25, -0.2) is 0 Å². The lowest BCUT2D eigenvalue weighted by atomic mass is 9.93. The lowest BCUT2D eigenvalue weighted by Gasteiger charge is -2.37. The Hall–Kier alpha value is -1.07. The van der Waals surface area contributed by atoms with Crippen molar-refractivity contribution in [3.05, 3.63) is 55.7 Å². The first-order valence-corrected chi connectivity index (χ1v) is 9.81. The van der Waals surface area contributed by atoms with Crippen molar-refractivity contribution in [3.8, 4) is 0 Å². The molecule has 6 heteroatoms. The smallest absolute Gasteiger partial charge is 0.237 e. The van der Waals surface area contributed by atoms with Gasteiger partial charge < -0.3 is 10.2 Å². The number of halogens is 2. The number of carbonyl (C=O) groups is 1. The normalized spacial score (nSPS) is 20.1. The van der Waals surface area contributed by atoms with Gasteiger partial charge in [-0.15, -0.1) is 11.3 Å². The highest BCUT2D eigenvalue weighted by Crippen LogP contribution is 2.40. The molecule has 1 N–H and O–H groups in total. The molecule has 1 fully saturated rings. The molecule has 0 radical (unpaired) electrons. The number of nitrogens with one attached hydrogen (secondary N) is 1. The fourth-order valence-corrected chi connectivity index (χ4v) is 4.68. The van der Waals surface area contributed by atoms with Crippen molar-refractivity contribution in [1.82, 2.24) is 10.2 Å². The van der Waals surface area contributed by atoms with E-state index in [0.717, 1.165) is 18.5 Å². The average Bonchev–Trinajstić information content (AvgIpc) is 3.27. The molecular weight excluding hydrogens is 363 g/mol. The molecule has 2 aliphatic rings. The molecule has 1 aliphatic heterocycles. The SMILES string of the molecule is O=C(CNC1CC1)N1CCc2sccc2[C@@H]1c1ccc(Cl)cc1Cl. The van der Waals surface area contributed by atoms with Crippen LogP contribution in [0.25, 0.3) is 0 Å². The molecule has 3 nitrogen and oxygen atoms in total. The van der Waals surface area contributed by atoms with Crippen LogP contribution in [0, 0.1) is 0 Å². The number of carbonyl (C=O) groups excluding carboxylic acids is 1. The van der Waals surface area contributed by atoms with E-state index in [1.807, 2.05) is 17.0 Å². The van der Waals surface area contributed by atoms with E-state index < -0.39 is 0 Å². The summed E-state index contributed by atoms with van der Waals surface area (Å²) in [4.78, 5) is 16.1. The summed E-state index contributed by atoms with van der Waals surface area (Å²) in [5, 5.41) is 6.64. The Bertz CT molecular complexity index is 772. The summed E-state index contributed by atoms with van der Waals surface area (Å²) < 4.78 is 0. The highest BCUT2D eigenvalue weighted by Gasteiger charge is 2.34. The molecule has 0 unspecified atom stereocenters. The van der Waals surface area contributed by atoms with Crippen LogP contribution in [0.4, 0.5) is 0 Å². The van der Waals surface area contributed by atoms with Crippen LogP contribution in [-0.2, 0) is 11.2 Å². The summed E-state index contributed by atoms with van der Waals surface area (Å²) >= 11 is 14.3. The Labute approximate surface area is 155 Å². The molecule has 24 heavy (non-hydrogen) atoms. The summed E-state index contributed by atoms with van der Waals surface area (Å²) in [5.74, 6) is 0.134. The minimum Gasteiger partial charge on any atom is -0.330 e. The second kappa shape index (κ2) is 6.68. The topological polar surface area (TPSA) is 32.3 Å². The predicted molar refractivity (Wildman–Crippen MR) is 99.1 cm³/mol. The zero-order chi connectivity index (χ0) is 16.7. The molecule has 0 saturated heterocycles. The molecule has 2 aromatic rings. The number of amides is 1. The summed E-state index contributed by atoms with van der Waals surface area (Å²) in [7, 11) is 0. The Morgan fingerprint density at radius 1 is 1.25 bits per heavy atom. The maximum atomic E-state index is 12.8. The third kappa shape index (κ3) is 3.21. The molecule has 126 valence electrons. The molecule has 1 amide bonds. The molecule has 0 bridgehead atoms. The van der Waals surface area contributed by atoms with E-state index >= 15 is 0 Å². The van der Waals surface area contributed by atoms with E-state index in [-0.39, 0.29) is 11.9 Å². The van der Waals surface area contributed by atoms with Gasteiger partial charge in [-0.05, 0) is 54.0 Å². The van der Waals surface area contributed by atoms with E-state index in [4.69, 9.17) is 23.2 Å². The zero-order valence-electron chi connectivity index (χ0n) is 13.1. The maximum Gasteiger partial charge on any atom is 0.237 e. The van der Waals surface area contributed by atoms with Gasteiger partial charge in [0.15, 0.2) is 0 Å². The van der Waals surface area contributed by atoms with Crippen LogP contribution in [-0.4, -0.2) is 29.9 Å². The molecule has 0 spiro atoms. The fraction of sp³-hybridized carbons (Fsp3) is 0.389. The van der Waals surface area contributed by atoms with E-state index in [2.05, 4.69) is 16.8 Å². The van der Waals surface area contributed by atoms with Gasteiger partial charge in [-0.3, -0.25) is 4.79 Å². The lowest BCUT2D eigenvalue weighted by Crippen LogP contribution is -2.44. The maximum absolute atomic E-state index is 12.8. The number of nitrogens with zero attached hydrogens (tertiary/aromatic N) is 1. The summed E-state index contributed by atoms with van der Waals surface area (Å²) in [5.41, 5.74) is 2.13. The van der Waals surface area contributed by atoms with E-state index in [9.17, 15) is 4.79 Å². The van der Waals surface area contributed by atoms with Crippen molar-refractivity contribution in [3.63, 3.8) is 0 Å². The molecule has 1 aromatic heterocycles. The van der Waals surface area contributed by atoms with Gasteiger partial charge in [0.2, 0.25) is 5.91 Å². The van der Waals surface area contributed by atoms with Gasteiger partial charge in [0.25, 0.3) is 0 Å². The third-order valence-electron chi connectivity index (χ3n) is 4.66. The Kier molecular flexibility index (Phi) is 4.56. The first-order valence-electron chi connectivity index (χ1n) is 8.17. The van der Waals surface area contributed by atoms with Gasteiger partial charge >= 0.3 is 0 Å². The number of fused-ring (bicyclic) bond motifs is 1. The molecular formula is C18H18Cl2N2OS. The van der Waals surface area contributed by atoms with E-state index in [0.29, 0.717) is 22.6 Å². The third-order valence-corrected chi connectivity index (χ3v) is 6.22. The van der Waals surface area contributed by atoms with Crippen molar-refractivity contribution in [2.24, 2.45) is 0 Å². The van der Waals surface area contributed by atoms with Gasteiger partial charge in [0, 0.05) is 27.5 Å². The van der Waals surface area contributed by atoms with Gasteiger partial charge in [0.05, 0.1) is 12.6 Å². The van der Waals surface area contributed by atoms with Crippen molar-refractivity contribution >= 4 is 40.4 Å². The van der Waals surface area contributed by atoms with Crippen LogP contribution >= 0.6 is 34.5 Å². The fourth-order valence-electron chi connectivity index (χ4n) is 3.26. The zero-order valence-corrected chi connectivity index (χ0v) is 15.4. The van der Waals surface area contributed by atoms with Crippen molar-refractivity contribution in [1.29, 1.82) is 0 Å². The van der Waals surface area contributed by atoms with Crippen LogP contribution in [0.1, 0.15) is 34.9 Å². The van der Waals surface area contributed by atoms with Crippen LogP contribution < -0.4 is 5.32 Å². The van der Waals surface area contributed by atoms with Crippen molar-refractivity contribution < 1.29 is 4.79 Å². The Morgan fingerprint density at radius 2 is 2.08 bits per heavy atom. The lowest BCUT2D eigenvalue weighted by molar-refractivity contribution is -0.132. The first kappa shape index (κ1) is 16.4. The number of rotatable bonds is 4. The Morgan fingerprint density at radius 3 is 2.83 bits per heavy atom. The quantitative estimate of drug-likeness (QED) is 0.858. The number of hydrogen-bond acceptors (Lipinski definition) is 3. The van der Waals surface area contributed by atoms with Gasteiger partial charge in [-0.1, -0.05) is 29.3 Å². The minimum atomic E-state index is -0.127. The molecule has 2 heterocycles. The second-order valence-electron chi connectivity index (χ2n) is 6.36. The number of benzene rings is 1. The minimum absolute atomic E-state index is 0.127. The largest absolute Gasteiger partial charge is 0.330 e. The van der Waals surface area contributed by atoms with Crippen molar-refractivity contribution in [2.45, 2.75) is 31.3 Å². The van der Waals surface area contributed by atoms with Crippen LogP contribution in [0.2, 0.25) is 10.0 Å². The summed E-state index contributed by atoms with van der Waals surface area (Å²) in [6.07, 6.45) is 3.26. The molecule has 4 rings (SSSR count). The second-order valence-corrected chi connectivity index (χ2v) is 8.20. The number of hydrogen-bond donors (Lipinski definition) is 1. The monoisotopic (exact) mass is 380 g/mol. The highest BCUT2D eigenvalue weighted by atomic mass is 35.5. The predicted octanol–water partition coefficient (Wildman–Crippen LogP) is 4.28. The molecule has 1 aliphatic carbocycles. The molecule has 1 aromatic carbocycles. The van der Waals surface area contributed by atoms with Crippen molar-refractivity contribution in [2.75, 3.05) is 13.1 Å². The van der Waals surface area contributed by atoms with Gasteiger partial charge in [0.1, 0.15) is 0 Å². The Balaban J connectivity index is 1.68. The van der Waals surface area contributed by atoms with Crippen LogP contribution in [0.5, 0.6) is 0 Å². The number of thiophene rings is 1. The van der Waals surface area contributed by atoms with E-state index in [1.54, 1.807) is 17.4 Å². The molecule has 1 saturated carbocycles. The van der Waals surface area contributed by atoms with E-state index in [1.165, 1.54) is 23.3 Å². The summed E-state index contributed by atoms with van der Waals surface area (Å²) in [6, 6.07) is 8.05. The van der Waals surface area contributed by atoms with Crippen LogP contribution in [0.3, 0.4) is 0 Å². The van der Waals surface area contributed by atoms with Gasteiger partial charge in [-0.2, -0.15) is 0 Å². The molecule has 1 atom stereocenters. The summed E-state index contributed by atoms with van der Waals surface area (Å²) in [6.45, 7) is 1.12. The first-order chi connectivity index (χ1) is 11.6.